The van der Waals surface area contributed by atoms with Crippen molar-refractivity contribution >= 4 is 11.1 Å². The molecular weight excluding hydrogens is 381 g/mol. The second-order valence-electron chi connectivity index (χ2n) is 9.83. The third kappa shape index (κ3) is 4.23. The van der Waals surface area contributed by atoms with Crippen LogP contribution in [-0.4, -0.2) is 17.3 Å². The minimum Gasteiger partial charge on any atom is -0.408 e. The number of fused-ring (bicyclic) bond motifs is 1. The van der Waals surface area contributed by atoms with E-state index in [1.165, 1.54) is 44.6 Å². The first-order valence-corrected chi connectivity index (χ1v) is 11.8. The molecule has 2 aliphatic rings. The van der Waals surface area contributed by atoms with Gasteiger partial charge in [-0.25, -0.2) is 9.18 Å². The molecule has 1 heterocycles. The number of benzene rings is 1. The van der Waals surface area contributed by atoms with Gasteiger partial charge in [-0.1, -0.05) is 19.8 Å². The summed E-state index contributed by atoms with van der Waals surface area (Å²) in [5.74, 6) is 0.0215. The highest BCUT2D eigenvalue weighted by molar-refractivity contribution is 5.74. The second-order valence-corrected chi connectivity index (χ2v) is 9.83. The molecule has 0 saturated heterocycles. The molecule has 30 heavy (non-hydrogen) atoms. The van der Waals surface area contributed by atoms with Crippen molar-refractivity contribution in [1.82, 2.24) is 4.57 Å². The Morgan fingerprint density at radius 3 is 2.60 bits per heavy atom. The summed E-state index contributed by atoms with van der Waals surface area (Å²) in [7, 11) is 0. The molecule has 0 spiro atoms. The summed E-state index contributed by atoms with van der Waals surface area (Å²) in [6, 6.07) is 3.25. The molecule has 2 unspecified atom stereocenters. The van der Waals surface area contributed by atoms with Crippen LogP contribution >= 0.6 is 0 Å². The Morgan fingerprint density at radius 1 is 1.13 bits per heavy atom. The summed E-state index contributed by atoms with van der Waals surface area (Å²) in [5.41, 5.74) is 2.03. The van der Waals surface area contributed by atoms with E-state index in [9.17, 15) is 9.18 Å². The minimum atomic E-state index is -0.347. The predicted molar refractivity (Wildman–Crippen MR) is 117 cm³/mol. The Bertz CT molecular complexity index is 922. The number of hydrogen-bond acceptors (Lipinski definition) is 3. The van der Waals surface area contributed by atoms with Crippen LogP contribution in [0.3, 0.4) is 0 Å². The lowest BCUT2D eigenvalue weighted by atomic mass is 9.63. The van der Waals surface area contributed by atoms with Crippen molar-refractivity contribution < 1.29 is 13.5 Å². The molecule has 0 bridgehead atoms. The molecule has 0 amide bonds. The van der Waals surface area contributed by atoms with Gasteiger partial charge in [0.15, 0.2) is 5.58 Å². The largest absolute Gasteiger partial charge is 0.420 e. The molecule has 0 N–H and O–H groups in total. The first kappa shape index (κ1) is 21.6. The number of aryl methyl sites for hydroxylation is 1. The monoisotopic (exact) mass is 417 g/mol. The molecule has 2 aromatic rings. The van der Waals surface area contributed by atoms with E-state index in [1.807, 2.05) is 0 Å². The van der Waals surface area contributed by atoms with Gasteiger partial charge in [0.05, 0.1) is 11.6 Å². The normalized spacial score (nSPS) is 30.9. The van der Waals surface area contributed by atoms with Gasteiger partial charge in [0, 0.05) is 18.7 Å². The third-order valence-electron chi connectivity index (χ3n) is 7.91. The fraction of sp³-hybridized carbons (Fsp3) is 0.720. The Hall–Kier alpha value is -1.62. The number of rotatable bonds is 4. The van der Waals surface area contributed by atoms with E-state index in [2.05, 4.69) is 13.8 Å². The summed E-state index contributed by atoms with van der Waals surface area (Å²) < 4.78 is 27.0. The maximum Gasteiger partial charge on any atom is 0.420 e. The van der Waals surface area contributed by atoms with Gasteiger partial charge in [-0.3, -0.25) is 4.57 Å². The minimum absolute atomic E-state index is 0.134. The number of oxazole rings is 1. The Balaban J connectivity index is 1.52. The lowest BCUT2D eigenvalue weighted by Gasteiger charge is -2.44. The quantitative estimate of drug-likeness (QED) is 0.567. The van der Waals surface area contributed by atoms with E-state index in [0.29, 0.717) is 28.6 Å². The maximum absolute atomic E-state index is 13.9. The molecule has 4 nitrogen and oxygen atoms in total. The number of ether oxygens (including phenoxy) is 1. The van der Waals surface area contributed by atoms with Crippen molar-refractivity contribution in [3.63, 3.8) is 0 Å². The summed E-state index contributed by atoms with van der Waals surface area (Å²) in [6.45, 7) is 7.11. The number of aromatic nitrogens is 1. The van der Waals surface area contributed by atoms with Crippen molar-refractivity contribution in [3.05, 3.63) is 34.1 Å². The van der Waals surface area contributed by atoms with Gasteiger partial charge in [0.25, 0.3) is 0 Å². The predicted octanol–water partition coefficient (Wildman–Crippen LogP) is 6.54. The van der Waals surface area contributed by atoms with Crippen LogP contribution in [-0.2, 0) is 4.74 Å². The van der Waals surface area contributed by atoms with Gasteiger partial charge < -0.3 is 9.15 Å². The average Bonchev–Trinajstić information content (AvgIpc) is 2.99. The van der Waals surface area contributed by atoms with Gasteiger partial charge in [0.1, 0.15) is 5.82 Å². The lowest BCUT2D eigenvalue weighted by molar-refractivity contribution is -0.0158. The van der Waals surface area contributed by atoms with E-state index in [4.69, 9.17) is 9.15 Å². The van der Waals surface area contributed by atoms with Crippen LogP contribution in [0, 0.1) is 24.1 Å². The Kier molecular flexibility index (Phi) is 6.38. The fourth-order valence-electron chi connectivity index (χ4n) is 5.97. The Labute approximate surface area is 178 Å². The smallest absolute Gasteiger partial charge is 0.408 e. The van der Waals surface area contributed by atoms with Crippen molar-refractivity contribution in [1.29, 1.82) is 0 Å². The van der Waals surface area contributed by atoms with Crippen LogP contribution in [0.15, 0.2) is 21.3 Å². The first-order valence-electron chi connectivity index (χ1n) is 11.8. The van der Waals surface area contributed by atoms with E-state index in [0.717, 1.165) is 37.8 Å². The molecular formula is C25H36FNO3. The van der Waals surface area contributed by atoms with Crippen molar-refractivity contribution in [3.8, 4) is 0 Å². The SMILES string of the molecule is CCOC1CCC(C)(C2CCCCC(n3c(=O)oc4cc(F)c(C)cc43)CC2)CC1. The Morgan fingerprint density at radius 2 is 1.87 bits per heavy atom. The van der Waals surface area contributed by atoms with Crippen LogP contribution in [0.4, 0.5) is 4.39 Å². The molecule has 1 aromatic heterocycles. The molecule has 1 aromatic carbocycles. The van der Waals surface area contributed by atoms with Gasteiger partial charge in [0.2, 0.25) is 0 Å². The van der Waals surface area contributed by atoms with E-state index >= 15 is 0 Å². The van der Waals surface area contributed by atoms with E-state index in [1.54, 1.807) is 17.6 Å². The molecule has 2 aliphatic carbocycles. The van der Waals surface area contributed by atoms with Crippen LogP contribution in [0.5, 0.6) is 0 Å². The van der Waals surface area contributed by atoms with Gasteiger partial charge in [-0.15, -0.1) is 0 Å². The average molecular weight is 418 g/mol. The molecule has 2 fully saturated rings. The summed E-state index contributed by atoms with van der Waals surface area (Å²) in [5, 5.41) is 0. The van der Waals surface area contributed by atoms with E-state index in [-0.39, 0.29) is 17.6 Å². The molecule has 0 radical (unpaired) electrons. The zero-order valence-electron chi connectivity index (χ0n) is 18.7. The van der Waals surface area contributed by atoms with Crippen molar-refractivity contribution in [2.45, 2.75) is 97.1 Å². The van der Waals surface area contributed by atoms with Crippen molar-refractivity contribution in [2.24, 2.45) is 11.3 Å². The molecule has 2 atom stereocenters. The standard InChI is InChI=1S/C25H36FNO3/c1-4-29-20-11-13-25(3,14-12-20)18-7-5-6-8-19(10-9-18)27-22-15-17(2)21(26)16-23(22)30-24(27)28/h15-16,18-20H,4-14H2,1-3H3. The number of hydrogen-bond donors (Lipinski definition) is 0. The number of halogens is 1. The van der Waals surface area contributed by atoms with Crippen LogP contribution in [0.2, 0.25) is 0 Å². The topological polar surface area (TPSA) is 44.4 Å². The highest BCUT2D eigenvalue weighted by atomic mass is 19.1. The van der Waals surface area contributed by atoms with E-state index < -0.39 is 0 Å². The van der Waals surface area contributed by atoms with Gasteiger partial charge in [-0.05, 0) is 88.2 Å². The van der Waals surface area contributed by atoms with Crippen LogP contribution < -0.4 is 5.76 Å². The second kappa shape index (κ2) is 8.86. The summed E-state index contributed by atoms with van der Waals surface area (Å²) in [4.78, 5) is 12.7. The molecule has 5 heteroatoms. The zero-order chi connectivity index (χ0) is 21.3. The third-order valence-corrected chi connectivity index (χ3v) is 7.91. The number of nitrogens with zero attached hydrogens (tertiary/aromatic N) is 1. The first-order chi connectivity index (χ1) is 14.4. The molecule has 0 aliphatic heterocycles. The highest BCUT2D eigenvalue weighted by Gasteiger charge is 2.38. The van der Waals surface area contributed by atoms with Crippen LogP contribution in [0.25, 0.3) is 11.1 Å². The van der Waals surface area contributed by atoms with Gasteiger partial charge in [-0.2, -0.15) is 0 Å². The van der Waals surface area contributed by atoms with Crippen molar-refractivity contribution in [2.75, 3.05) is 6.61 Å². The molecule has 2 saturated carbocycles. The molecule has 4 rings (SSSR count). The lowest BCUT2D eigenvalue weighted by Crippen LogP contribution is -2.36. The summed E-state index contributed by atoms with van der Waals surface area (Å²) in [6.07, 6.45) is 12.0. The van der Waals surface area contributed by atoms with Gasteiger partial charge >= 0.3 is 5.76 Å². The molecule has 166 valence electrons. The van der Waals surface area contributed by atoms with Crippen LogP contribution in [0.1, 0.15) is 89.7 Å². The zero-order valence-corrected chi connectivity index (χ0v) is 18.7. The fourth-order valence-corrected chi connectivity index (χ4v) is 5.97. The highest BCUT2D eigenvalue weighted by Crippen LogP contribution is 2.48. The maximum atomic E-state index is 13.9. The summed E-state index contributed by atoms with van der Waals surface area (Å²) >= 11 is 0.